The number of aromatic nitrogens is 2. The van der Waals surface area contributed by atoms with Crippen LogP contribution in [0.25, 0.3) is 11.3 Å². The van der Waals surface area contributed by atoms with Crippen LogP contribution in [0.1, 0.15) is 30.5 Å². The first kappa shape index (κ1) is 18.8. The van der Waals surface area contributed by atoms with Gasteiger partial charge in [-0.3, -0.25) is 0 Å². The molecule has 2 aliphatic heterocycles. The summed E-state index contributed by atoms with van der Waals surface area (Å²) in [6.07, 6.45) is 11.2. The van der Waals surface area contributed by atoms with Gasteiger partial charge in [0.05, 0.1) is 24.4 Å². The summed E-state index contributed by atoms with van der Waals surface area (Å²) in [5.74, 6) is 1.07. The third-order valence-electron chi connectivity index (χ3n) is 5.93. The van der Waals surface area contributed by atoms with Crippen LogP contribution < -0.4 is 16.1 Å². The molecule has 0 amide bonds. The number of nitrogens with one attached hydrogen (secondary N) is 1. The molecular formula is C23H25N5O2. The second-order valence-electron chi connectivity index (χ2n) is 7.81. The minimum absolute atomic E-state index is 0.00322. The number of benzene rings is 1. The Morgan fingerprint density at radius 3 is 2.87 bits per heavy atom. The number of anilines is 2. The maximum absolute atomic E-state index is 9.71. The zero-order valence-corrected chi connectivity index (χ0v) is 16.7. The second-order valence-corrected chi connectivity index (χ2v) is 7.81. The van der Waals surface area contributed by atoms with Crippen molar-refractivity contribution < 1.29 is 9.94 Å². The number of hydrogen-bond donors (Lipinski definition) is 3. The van der Waals surface area contributed by atoms with Crippen LogP contribution in [-0.2, 0) is 4.84 Å². The molecule has 1 saturated heterocycles. The predicted octanol–water partition coefficient (Wildman–Crippen LogP) is 2.68. The van der Waals surface area contributed by atoms with E-state index >= 15 is 0 Å². The van der Waals surface area contributed by atoms with Gasteiger partial charge in [-0.25, -0.2) is 9.97 Å². The molecule has 7 heteroatoms. The monoisotopic (exact) mass is 403 g/mol. The van der Waals surface area contributed by atoms with Crippen LogP contribution in [0, 0.1) is 0 Å². The standard InChI is InChI=1S/C23H25N5O2/c24-23-25-11-10-20(26-23)16-6-9-21-19(13-16)22(30-27-21)15-4-7-17(8-5-15)28-12-2-1-3-18(28)14-29/h4-11,13,18,21,27,29H,1-3,12,14H2,(H2,24,25,26). The molecule has 3 heterocycles. The molecule has 0 spiro atoms. The van der Waals surface area contributed by atoms with Crippen molar-refractivity contribution in [2.45, 2.75) is 31.3 Å². The lowest BCUT2D eigenvalue weighted by Gasteiger charge is -2.36. The van der Waals surface area contributed by atoms with E-state index in [1.54, 1.807) is 6.20 Å². The summed E-state index contributed by atoms with van der Waals surface area (Å²) >= 11 is 0. The highest BCUT2D eigenvalue weighted by molar-refractivity contribution is 5.82. The number of aliphatic hydroxyl groups is 1. The topological polar surface area (TPSA) is 96.5 Å². The highest BCUT2D eigenvalue weighted by atomic mass is 16.7. The molecule has 30 heavy (non-hydrogen) atoms. The fraction of sp³-hybridized carbons (Fsp3) is 0.304. The van der Waals surface area contributed by atoms with E-state index in [0.29, 0.717) is 0 Å². The van der Waals surface area contributed by atoms with Crippen molar-refractivity contribution in [3.63, 3.8) is 0 Å². The summed E-state index contributed by atoms with van der Waals surface area (Å²) in [6.45, 7) is 1.18. The number of aliphatic hydroxyl groups excluding tert-OH is 1. The van der Waals surface area contributed by atoms with Gasteiger partial charge in [0.2, 0.25) is 5.95 Å². The summed E-state index contributed by atoms with van der Waals surface area (Å²) in [5, 5.41) is 9.71. The van der Waals surface area contributed by atoms with Gasteiger partial charge in [-0.2, -0.15) is 0 Å². The van der Waals surface area contributed by atoms with Crippen LogP contribution in [0.4, 0.5) is 11.6 Å². The van der Waals surface area contributed by atoms with Crippen LogP contribution in [0.15, 0.2) is 60.3 Å². The number of nitrogen functional groups attached to an aromatic ring is 1. The van der Waals surface area contributed by atoms with E-state index < -0.39 is 0 Å². The van der Waals surface area contributed by atoms with E-state index in [1.807, 2.05) is 12.1 Å². The average molecular weight is 403 g/mol. The van der Waals surface area contributed by atoms with E-state index in [4.69, 9.17) is 10.6 Å². The van der Waals surface area contributed by atoms with Gasteiger partial charge < -0.3 is 20.6 Å². The quantitative estimate of drug-likeness (QED) is 0.722. The van der Waals surface area contributed by atoms with Gasteiger partial charge in [-0.1, -0.05) is 12.2 Å². The minimum atomic E-state index is 0.00322. The Hall–Kier alpha value is -3.16. The lowest BCUT2D eigenvalue weighted by Crippen LogP contribution is -2.41. The van der Waals surface area contributed by atoms with Gasteiger partial charge in [0.1, 0.15) is 0 Å². The van der Waals surface area contributed by atoms with Crippen molar-refractivity contribution in [3.05, 3.63) is 71.6 Å². The molecule has 154 valence electrons. The van der Waals surface area contributed by atoms with Gasteiger partial charge in [-0.05, 0) is 55.7 Å². The fourth-order valence-electron chi connectivity index (χ4n) is 4.35. The molecule has 1 fully saturated rings. The fourth-order valence-corrected chi connectivity index (χ4v) is 4.35. The van der Waals surface area contributed by atoms with Crippen molar-refractivity contribution in [2.75, 3.05) is 23.8 Å². The lowest BCUT2D eigenvalue weighted by molar-refractivity contribution is 0.174. The van der Waals surface area contributed by atoms with Gasteiger partial charge in [0, 0.05) is 35.1 Å². The normalized spacial score (nSPS) is 23.2. The number of nitrogens with zero attached hydrogens (tertiary/aromatic N) is 3. The number of fused-ring (bicyclic) bond motifs is 1. The first-order valence-corrected chi connectivity index (χ1v) is 10.4. The molecule has 2 aromatic rings. The van der Waals surface area contributed by atoms with E-state index in [-0.39, 0.29) is 24.6 Å². The Morgan fingerprint density at radius 1 is 1.20 bits per heavy atom. The Balaban J connectivity index is 1.45. The largest absolute Gasteiger partial charge is 0.407 e. The summed E-state index contributed by atoms with van der Waals surface area (Å²) < 4.78 is 0. The van der Waals surface area contributed by atoms with Crippen LogP contribution in [0.5, 0.6) is 0 Å². The first-order chi connectivity index (χ1) is 14.7. The van der Waals surface area contributed by atoms with Crippen molar-refractivity contribution in [1.29, 1.82) is 0 Å². The summed E-state index contributed by atoms with van der Waals surface area (Å²) in [7, 11) is 0. The molecule has 0 radical (unpaired) electrons. The minimum Gasteiger partial charge on any atom is -0.407 e. The highest BCUT2D eigenvalue weighted by Crippen LogP contribution is 2.35. The Bertz CT molecular complexity index is 1030. The van der Waals surface area contributed by atoms with Gasteiger partial charge in [0.15, 0.2) is 5.76 Å². The highest BCUT2D eigenvalue weighted by Gasteiger charge is 2.28. The molecule has 0 bridgehead atoms. The van der Waals surface area contributed by atoms with Crippen LogP contribution >= 0.6 is 0 Å². The molecule has 3 aliphatic rings. The van der Waals surface area contributed by atoms with Crippen molar-refractivity contribution >= 4 is 23.0 Å². The molecule has 0 saturated carbocycles. The van der Waals surface area contributed by atoms with E-state index in [0.717, 1.165) is 53.2 Å². The Labute approximate surface area is 175 Å². The number of piperidine rings is 1. The number of hydrogen-bond acceptors (Lipinski definition) is 7. The van der Waals surface area contributed by atoms with E-state index in [9.17, 15) is 5.11 Å². The smallest absolute Gasteiger partial charge is 0.220 e. The van der Waals surface area contributed by atoms with Gasteiger partial charge >= 0.3 is 0 Å². The summed E-state index contributed by atoms with van der Waals surface area (Å²) in [5.41, 5.74) is 13.8. The maximum Gasteiger partial charge on any atom is 0.220 e. The number of allylic oxidation sites excluding steroid dienone is 2. The van der Waals surface area contributed by atoms with Crippen LogP contribution in [-0.4, -0.2) is 40.3 Å². The molecule has 4 N–H and O–H groups in total. The molecular weight excluding hydrogens is 378 g/mol. The SMILES string of the molecule is Nc1nccc(C2=CC3=C(c4ccc(N5CCCCC5CO)cc4)ONC3C=C2)n1. The summed E-state index contributed by atoms with van der Waals surface area (Å²) in [6, 6.07) is 10.4. The number of hydroxylamine groups is 1. The third-order valence-corrected chi connectivity index (χ3v) is 5.93. The molecule has 7 nitrogen and oxygen atoms in total. The first-order valence-electron chi connectivity index (χ1n) is 10.4. The molecule has 2 atom stereocenters. The third kappa shape index (κ3) is 3.46. The Kier molecular flexibility index (Phi) is 4.98. The lowest BCUT2D eigenvalue weighted by atomic mass is 9.94. The molecule has 1 aromatic carbocycles. The van der Waals surface area contributed by atoms with Crippen molar-refractivity contribution in [2.24, 2.45) is 0 Å². The van der Waals surface area contributed by atoms with Gasteiger partial charge in [-0.15, -0.1) is 5.48 Å². The van der Waals surface area contributed by atoms with Crippen LogP contribution in [0.2, 0.25) is 0 Å². The van der Waals surface area contributed by atoms with E-state index in [1.165, 1.54) is 6.42 Å². The zero-order chi connectivity index (χ0) is 20.5. The number of nitrogens with two attached hydrogens (primary N) is 1. The van der Waals surface area contributed by atoms with Crippen molar-refractivity contribution in [3.8, 4) is 0 Å². The number of rotatable bonds is 4. The predicted molar refractivity (Wildman–Crippen MR) is 117 cm³/mol. The summed E-state index contributed by atoms with van der Waals surface area (Å²) in [4.78, 5) is 16.4. The van der Waals surface area contributed by atoms with Crippen molar-refractivity contribution in [1.82, 2.24) is 15.4 Å². The molecule has 1 aliphatic carbocycles. The molecule has 5 rings (SSSR count). The Morgan fingerprint density at radius 2 is 2.07 bits per heavy atom. The zero-order valence-electron chi connectivity index (χ0n) is 16.7. The van der Waals surface area contributed by atoms with Crippen LogP contribution in [0.3, 0.4) is 0 Å². The maximum atomic E-state index is 9.71. The molecule has 1 aromatic heterocycles. The second kappa shape index (κ2) is 7.93. The van der Waals surface area contributed by atoms with Gasteiger partial charge in [0.25, 0.3) is 0 Å². The van der Waals surface area contributed by atoms with E-state index in [2.05, 4.69) is 56.8 Å². The molecule has 2 unspecified atom stereocenters. The average Bonchev–Trinajstić information content (AvgIpc) is 3.22.